The largest absolute Gasteiger partial charge is 0.444 e. The van der Waals surface area contributed by atoms with Crippen molar-refractivity contribution >= 4 is 17.7 Å². The molecule has 29 heavy (non-hydrogen) atoms. The number of hydrogen-bond acceptors (Lipinski definition) is 3. The molecule has 2 amide bonds. The highest BCUT2D eigenvalue weighted by molar-refractivity contribution is 6.03. The quantitative estimate of drug-likeness (QED) is 0.791. The summed E-state index contributed by atoms with van der Waals surface area (Å²) in [7, 11) is 0. The average molecular weight is 393 g/mol. The van der Waals surface area contributed by atoms with Crippen LogP contribution in [-0.2, 0) is 4.74 Å². The Balaban J connectivity index is 1.64. The van der Waals surface area contributed by atoms with Crippen LogP contribution >= 0.6 is 0 Å². The van der Waals surface area contributed by atoms with Crippen molar-refractivity contribution in [3.63, 3.8) is 0 Å². The molecule has 0 bridgehead atoms. The molecule has 1 aliphatic rings. The lowest BCUT2D eigenvalue weighted by Crippen LogP contribution is -2.42. The van der Waals surface area contributed by atoms with E-state index < -0.39 is 5.60 Å². The zero-order valence-electron chi connectivity index (χ0n) is 17.1. The maximum Gasteiger partial charge on any atom is 0.410 e. The first kappa shape index (κ1) is 20.5. The van der Waals surface area contributed by atoms with Gasteiger partial charge >= 0.3 is 6.09 Å². The molecule has 1 saturated heterocycles. The molecule has 3 rings (SSSR count). The molecule has 0 saturated carbocycles. The molecule has 0 aliphatic carbocycles. The monoisotopic (exact) mass is 393 g/mol. The van der Waals surface area contributed by atoms with Gasteiger partial charge in [-0.3, -0.25) is 4.79 Å². The summed E-state index contributed by atoms with van der Waals surface area (Å²) in [4.78, 5) is 26.8. The molecule has 1 aromatic heterocycles. The minimum Gasteiger partial charge on any atom is -0.444 e. The molecule has 0 unspecified atom stereocenters. The summed E-state index contributed by atoms with van der Waals surface area (Å²) in [6.45, 7) is 6.79. The number of piperidine rings is 1. The molecule has 1 aromatic carbocycles. The van der Waals surface area contributed by atoms with E-state index in [2.05, 4.69) is 11.2 Å². The SMILES string of the molecule is C#Cc1cccc(NC(=O)c2cccn2C2CCN(C(=O)OC(C)(C)C)CC2)c1. The lowest BCUT2D eigenvalue weighted by Gasteiger charge is -2.34. The normalized spacial score (nSPS) is 14.9. The number of rotatable bonds is 3. The average Bonchev–Trinajstić information content (AvgIpc) is 3.17. The van der Waals surface area contributed by atoms with Gasteiger partial charge in [-0.15, -0.1) is 6.42 Å². The lowest BCUT2D eigenvalue weighted by atomic mass is 10.0. The summed E-state index contributed by atoms with van der Waals surface area (Å²) in [5, 5.41) is 2.91. The molecular formula is C23H27N3O3. The van der Waals surface area contributed by atoms with Crippen molar-refractivity contribution in [1.82, 2.24) is 9.47 Å². The third-order valence-corrected chi connectivity index (χ3v) is 4.81. The fraction of sp³-hybridized carbons (Fsp3) is 0.391. The van der Waals surface area contributed by atoms with Gasteiger partial charge in [0.25, 0.3) is 5.91 Å². The van der Waals surface area contributed by atoms with Gasteiger partial charge in [0.2, 0.25) is 0 Å². The molecule has 1 aliphatic heterocycles. The highest BCUT2D eigenvalue weighted by Gasteiger charge is 2.28. The van der Waals surface area contributed by atoms with Crippen molar-refractivity contribution in [1.29, 1.82) is 0 Å². The van der Waals surface area contributed by atoms with Gasteiger partial charge in [-0.25, -0.2) is 4.79 Å². The van der Waals surface area contributed by atoms with Crippen molar-refractivity contribution in [2.24, 2.45) is 0 Å². The van der Waals surface area contributed by atoms with Gasteiger partial charge in [0.15, 0.2) is 0 Å². The number of anilines is 1. The summed E-state index contributed by atoms with van der Waals surface area (Å²) >= 11 is 0. The molecule has 0 atom stereocenters. The van der Waals surface area contributed by atoms with E-state index in [-0.39, 0.29) is 18.0 Å². The van der Waals surface area contributed by atoms with Crippen LogP contribution in [0.3, 0.4) is 0 Å². The first-order valence-electron chi connectivity index (χ1n) is 9.79. The number of carbonyl (C=O) groups excluding carboxylic acids is 2. The molecule has 0 radical (unpaired) electrons. The van der Waals surface area contributed by atoms with E-state index >= 15 is 0 Å². The Bertz CT molecular complexity index is 925. The number of benzene rings is 1. The van der Waals surface area contributed by atoms with E-state index in [4.69, 9.17) is 11.2 Å². The van der Waals surface area contributed by atoms with E-state index in [1.165, 1.54) is 0 Å². The van der Waals surface area contributed by atoms with Crippen LogP contribution in [0.25, 0.3) is 0 Å². The molecule has 6 heteroatoms. The van der Waals surface area contributed by atoms with Gasteiger partial charge in [-0.1, -0.05) is 12.0 Å². The number of carbonyl (C=O) groups is 2. The van der Waals surface area contributed by atoms with Gasteiger partial charge in [-0.2, -0.15) is 0 Å². The first-order valence-corrected chi connectivity index (χ1v) is 9.79. The van der Waals surface area contributed by atoms with Gasteiger partial charge in [0.05, 0.1) is 0 Å². The van der Waals surface area contributed by atoms with E-state index in [0.717, 1.165) is 12.8 Å². The maximum atomic E-state index is 12.8. The molecule has 0 spiro atoms. The van der Waals surface area contributed by atoms with Gasteiger partial charge in [-0.05, 0) is 63.9 Å². The number of nitrogens with one attached hydrogen (secondary N) is 1. The van der Waals surface area contributed by atoms with Crippen LogP contribution in [0.2, 0.25) is 0 Å². The number of aromatic nitrogens is 1. The number of terminal acetylenes is 1. The summed E-state index contributed by atoms with van der Waals surface area (Å²) < 4.78 is 7.45. The summed E-state index contributed by atoms with van der Waals surface area (Å²) in [5.41, 5.74) is 1.47. The Morgan fingerprint density at radius 3 is 2.55 bits per heavy atom. The Labute approximate surface area is 171 Å². The van der Waals surface area contributed by atoms with Crippen molar-refractivity contribution in [3.05, 3.63) is 53.9 Å². The second-order valence-corrected chi connectivity index (χ2v) is 8.18. The lowest BCUT2D eigenvalue weighted by molar-refractivity contribution is 0.0187. The smallest absolute Gasteiger partial charge is 0.410 e. The van der Waals surface area contributed by atoms with Crippen LogP contribution in [-0.4, -0.2) is 40.2 Å². The topological polar surface area (TPSA) is 63.6 Å². The number of nitrogens with zero attached hydrogens (tertiary/aromatic N) is 2. The molecule has 6 nitrogen and oxygen atoms in total. The van der Waals surface area contributed by atoms with Crippen molar-refractivity contribution in [2.45, 2.75) is 45.3 Å². The predicted octanol–water partition coefficient (Wildman–Crippen LogP) is 4.29. The van der Waals surface area contributed by atoms with E-state index in [9.17, 15) is 9.59 Å². The van der Waals surface area contributed by atoms with Crippen LogP contribution < -0.4 is 5.32 Å². The number of likely N-dealkylation sites (tertiary alicyclic amines) is 1. The molecule has 2 heterocycles. The number of ether oxygens (including phenoxy) is 1. The summed E-state index contributed by atoms with van der Waals surface area (Å²) in [5.74, 6) is 2.39. The third kappa shape index (κ3) is 5.20. The van der Waals surface area contributed by atoms with Gasteiger partial charge < -0.3 is 19.5 Å². The summed E-state index contributed by atoms with van der Waals surface area (Å²) in [6, 6.07) is 11.0. The Morgan fingerprint density at radius 1 is 1.17 bits per heavy atom. The number of amides is 2. The minimum atomic E-state index is -0.504. The second-order valence-electron chi connectivity index (χ2n) is 8.18. The van der Waals surface area contributed by atoms with Crippen LogP contribution in [0.4, 0.5) is 10.5 Å². The molecule has 1 fully saturated rings. The van der Waals surface area contributed by atoms with Crippen LogP contribution in [0.5, 0.6) is 0 Å². The Hall–Kier alpha value is -3.20. The molecular weight excluding hydrogens is 366 g/mol. The Morgan fingerprint density at radius 2 is 1.90 bits per heavy atom. The molecule has 152 valence electrons. The van der Waals surface area contributed by atoms with Crippen molar-refractivity contribution in [3.8, 4) is 12.3 Å². The first-order chi connectivity index (χ1) is 13.8. The van der Waals surface area contributed by atoms with Crippen LogP contribution in [0.15, 0.2) is 42.6 Å². The fourth-order valence-corrected chi connectivity index (χ4v) is 3.44. The van der Waals surface area contributed by atoms with Gasteiger partial charge in [0, 0.05) is 36.6 Å². The predicted molar refractivity (Wildman–Crippen MR) is 113 cm³/mol. The summed E-state index contributed by atoms with van der Waals surface area (Å²) in [6.07, 6.45) is 8.59. The fourth-order valence-electron chi connectivity index (χ4n) is 3.44. The van der Waals surface area contributed by atoms with E-state index in [0.29, 0.717) is 30.0 Å². The third-order valence-electron chi connectivity index (χ3n) is 4.81. The van der Waals surface area contributed by atoms with Gasteiger partial charge in [0.1, 0.15) is 11.3 Å². The van der Waals surface area contributed by atoms with Crippen molar-refractivity contribution in [2.75, 3.05) is 18.4 Å². The van der Waals surface area contributed by atoms with Crippen molar-refractivity contribution < 1.29 is 14.3 Å². The Kier molecular flexibility index (Phi) is 5.97. The molecule has 2 aromatic rings. The van der Waals surface area contributed by atoms with E-state index in [1.54, 1.807) is 17.0 Å². The standard InChI is InChI=1S/C23H27N3O3/c1-5-17-8-6-9-18(16-17)24-21(27)20-10-7-13-26(20)19-11-14-25(15-12-19)22(28)29-23(2,3)4/h1,6-10,13,16,19H,11-12,14-15H2,2-4H3,(H,24,27). The highest BCUT2D eigenvalue weighted by Crippen LogP contribution is 2.26. The zero-order valence-corrected chi connectivity index (χ0v) is 17.1. The zero-order chi connectivity index (χ0) is 21.0. The minimum absolute atomic E-state index is 0.154. The number of hydrogen-bond donors (Lipinski definition) is 1. The van der Waals surface area contributed by atoms with Crippen LogP contribution in [0.1, 0.15) is 55.7 Å². The second kappa shape index (κ2) is 8.44. The highest BCUT2D eigenvalue weighted by atomic mass is 16.6. The van der Waals surface area contributed by atoms with E-state index in [1.807, 2.05) is 55.8 Å². The van der Waals surface area contributed by atoms with Crippen LogP contribution in [0, 0.1) is 12.3 Å². The maximum absolute atomic E-state index is 12.8. The molecule has 1 N–H and O–H groups in total.